The Morgan fingerprint density at radius 3 is 0.880 bits per heavy atom. The molecule has 0 atom stereocenters. The van der Waals surface area contributed by atoms with Gasteiger partial charge in [0.15, 0.2) is 0 Å². The molecule has 0 saturated carbocycles. The summed E-state index contributed by atoms with van der Waals surface area (Å²) >= 11 is 0. The fourth-order valence-electron chi connectivity index (χ4n) is 7.70. The number of nitrogens with one attached hydrogen (secondary N) is 1. The number of hydrogen-bond donors (Lipinski definition) is 1. The van der Waals surface area contributed by atoms with E-state index in [1.54, 1.807) is 0 Å². The first-order chi connectivity index (χ1) is 24.9. The van der Waals surface area contributed by atoms with E-state index in [9.17, 15) is 0 Å². The van der Waals surface area contributed by atoms with Crippen LogP contribution in [0.4, 0.5) is 0 Å². The second kappa shape index (κ2) is 40.9. The van der Waals surface area contributed by atoms with Gasteiger partial charge in [0.05, 0.1) is 0 Å². The molecule has 294 valence electrons. The molecule has 0 saturated heterocycles. The molecule has 1 aromatic carbocycles. The van der Waals surface area contributed by atoms with E-state index < -0.39 is 0 Å². The first-order valence-electron chi connectivity index (χ1n) is 23.3. The summed E-state index contributed by atoms with van der Waals surface area (Å²) in [6, 6.07) is 10.9. The van der Waals surface area contributed by atoms with Crippen LogP contribution in [-0.2, 0) is 6.54 Å². The third kappa shape index (κ3) is 35.5. The predicted octanol–water partition coefficient (Wildman–Crippen LogP) is 16.1. The van der Waals surface area contributed by atoms with Gasteiger partial charge in [0.2, 0.25) is 0 Å². The molecule has 0 aliphatic rings. The Hall–Kier alpha value is -0.860. The van der Waals surface area contributed by atoms with Gasteiger partial charge < -0.3 is 5.32 Å². The minimum Gasteiger partial charge on any atom is -0.300 e. The zero-order valence-electron chi connectivity index (χ0n) is 34.6. The molecule has 50 heavy (non-hydrogen) atoms. The van der Waals surface area contributed by atoms with Crippen LogP contribution in [0.2, 0.25) is 0 Å². The normalized spacial score (nSPS) is 11.7. The van der Waals surface area contributed by atoms with Crippen LogP contribution in [0, 0.1) is 0 Å². The van der Waals surface area contributed by atoms with Gasteiger partial charge >= 0.3 is 0 Å². The molecule has 0 bridgehead atoms. The SMILES string of the molecule is CCCCCCCCCCCCCCCCCCCCN(CCCCCCCCCCCCCCCCCCCC)CNCc1ccccc1. The summed E-state index contributed by atoms with van der Waals surface area (Å²) in [4.78, 5) is 2.71. The number of nitrogens with zero attached hydrogens (tertiary/aromatic N) is 1. The van der Waals surface area contributed by atoms with E-state index in [1.807, 2.05) is 0 Å². The number of hydrogen-bond acceptors (Lipinski definition) is 2. The van der Waals surface area contributed by atoms with Crippen molar-refractivity contribution in [3.63, 3.8) is 0 Å². The highest BCUT2D eigenvalue weighted by Gasteiger charge is 2.05. The Labute approximate surface area is 316 Å². The van der Waals surface area contributed by atoms with Crippen molar-refractivity contribution >= 4 is 0 Å². The lowest BCUT2D eigenvalue weighted by Gasteiger charge is -2.23. The Balaban J connectivity index is 1.99. The maximum absolute atomic E-state index is 3.75. The van der Waals surface area contributed by atoms with E-state index in [-0.39, 0.29) is 0 Å². The van der Waals surface area contributed by atoms with Crippen LogP contribution in [0.5, 0.6) is 0 Å². The Bertz CT molecular complexity index is 693. The molecular weight excluding hydrogens is 605 g/mol. The zero-order chi connectivity index (χ0) is 35.7. The van der Waals surface area contributed by atoms with E-state index in [0.717, 1.165) is 13.2 Å². The lowest BCUT2D eigenvalue weighted by molar-refractivity contribution is 0.240. The minimum atomic E-state index is 0.982. The molecule has 0 amide bonds. The van der Waals surface area contributed by atoms with Crippen LogP contribution in [-0.4, -0.2) is 24.7 Å². The number of benzene rings is 1. The summed E-state index contributed by atoms with van der Waals surface area (Å²) in [7, 11) is 0. The first-order valence-corrected chi connectivity index (χ1v) is 23.3. The van der Waals surface area contributed by atoms with Crippen LogP contribution >= 0.6 is 0 Å². The lowest BCUT2D eigenvalue weighted by Crippen LogP contribution is -2.35. The van der Waals surface area contributed by atoms with Crippen LogP contribution in [0.3, 0.4) is 0 Å². The quantitative estimate of drug-likeness (QED) is 0.0541. The smallest absolute Gasteiger partial charge is 0.0483 e. The summed E-state index contributed by atoms with van der Waals surface area (Å²) in [6.07, 6.45) is 52.2. The molecule has 0 aliphatic heterocycles. The zero-order valence-corrected chi connectivity index (χ0v) is 34.6. The fraction of sp³-hybridized carbons (Fsp3) is 0.875. The van der Waals surface area contributed by atoms with Gasteiger partial charge in [-0.15, -0.1) is 0 Å². The van der Waals surface area contributed by atoms with Crippen molar-refractivity contribution in [1.82, 2.24) is 10.2 Å². The molecule has 0 unspecified atom stereocenters. The van der Waals surface area contributed by atoms with E-state index >= 15 is 0 Å². The van der Waals surface area contributed by atoms with Crippen molar-refractivity contribution in [2.75, 3.05) is 19.8 Å². The highest BCUT2D eigenvalue weighted by molar-refractivity contribution is 5.14. The summed E-state index contributed by atoms with van der Waals surface area (Å²) in [5, 5.41) is 3.75. The van der Waals surface area contributed by atoms with Gasteiger partial charge in [-0.3, -0.25) is 4.90 Å². The predicted molar refractivity (Wildman–Crippen MR) is 227 cm³/mol. The molecule has 0 radical (unpaired) electrons. The monoisotopic (exact) mass is 697 g/mol. The highest BCUT2D eigenvalue weighted by atomic mass is 15.2. The molecule has 0 fully saturated rings. The van der Waals surface area contributed by atoms with E-state index in [4.69, 9.17) is 0 Å². The van der Waals surface area contributed by atoms with Crippen molar-refractivity contribution in [1.29, 1.82) is 0 Å². The van der Waals surface area contributed by atoms with E-state index in [2.05, 4.69) is 54.4 Å². The Kier molecular flexibility index (Phi) is 38.6. The minimum absolute atomic E-state index is 0.982. The van der Waals surface area contributed by atoms with Gasteiger partial charge in [-0.1, -0.05) is 262 Å². The summed E-state index contributed by atoms with van der Waals surface area (Å²) < 4.78 is 0. The van der Waals surface area contributed by atoms with Gasteiger partial charge in [-0.05, 0) is 31.5 Å². The molecule has 2 heteroatoms. The maximum atomic E-state index is 3.75. The van der Waals surface area contributed by atoms with Gasteiger partial charge in [0.1, 0.15) is 0 Å². The van der Waals surface area contributed by atoms with E-state index in [0.29, 0.717) is 0 Å². The largest absolute Gasteiger partial charge is 0.300 e. The van der Waals surface area contributed by atoms with Gasteiger partial charge in [-0.2, -0.15) is 0 Å². The van der Waals surface area contributed by atoms with Gasteiger partial charge in [-0.25, -0.2) is 0 Å². The molecular formula is C48H92N2. The van der Waals surface area contributed by atoms with Crippen molar-refractivity contribution in [3.05, 3.63) is 35.9 Å². The van der Waals surface area contributed by atoms with Crippen molar-refractivity contribution in [2.24, 2.45) is 0 Å². The molecule has 2 nitrogen and oxygen atoms in total. The number of rotatable bonds is 42. The fourth-order valence-corrected chi connectivity index (χ4v) is 7.70. The highest BCUT2D eigenvalue weighted by Crippen LogP contribution is 2.16. The van der Waals surface area contributed by atoms with Crippen LogP contribution in [0.1, 0.15) is 251 Å². The molecule has 1 aromatic rings. The molecule has 0 spiro atoms. The van der Waals surface area contributed by atoms with Gasteiger partial charge in [0.25, 0.3) is 0 Å². The maximum Gasteiger partial charge on any atom is 0.0483 e. The van der Waals surface area contributed by atoms with Gasteiger partial charge in [0, 0.05) is 13.2 Å². The van der Waals surface area contributed by atoms with Crippen molar-refractivity contribution in [3.8, 4) is 0 Å². The average Bonchev–Trinajstić information content (AvgIpc) is 3.14. The molecule has 0 aliphatic carbocycles. The third-order valence-electron chi connectivity index (χ3n) is 11.2. The van der Waals surface area contributed by atoms with Crippen LogP contribution in [0.25, 0.3) is 0 Å². The summed E-state index contributed by atoms with van der Waals surface area (Å²) in [6.45, 7) is 9.16. The Morgan fingerprint density at radius 2 is 0.600 bits per heavy atom. The van der Waals surface area contributed by atoms with Crippen LogP contribution in [0.15, 0.2) is 30.3 Å². The first kappa shape index (κ1) is 47.2. The average molecular weight is 697 g/mol. The van der Waals surface area contributed by atoms with Crippen molar-refractivity contribution in [2.45, 2.75) is 252 Å². The number of unbranched alkanes of at least 4 members (excludes halogenated alkanes) is 34. The molecule has 1 rings (SSSR count). The second-order valence-electron chi connectivity index (χ2n) is 16.2. The third-order valence-corrected chi connectivity index (χ3v) is 11.2. The second-order valence-corrected chi connectivity index (χ2v) is 16.2. The van der Waals surface area contributed by atoms with E-state index in [1.165, 1.54) is 250 Å². The summed E-state index contributed by atoms with van der Waals surface area (Å²) in [5.41, 5.74) is 1.40. The Morgan fingerprint density at radius 1 is 0.340 bits per heavy atom. The van der Waals surface area contributed by atoms with Crippen molar-refractivity contribution < 1.29 is 0 Å². The molecule has 1 N–H and O–H groups in total. The molecule has 0 heterocycles. The van der Waals surface area contributed by atoms with Crippen LogP contribution < -0.4 is 5.32 Å². The topological polar surface area (TPSA) is 15.3 Å². The summed E-state index contributed by atoms with van der Waals surface area (Å²) in [5.74, 6) is 0. The lowest BCUT2D eigenvalue weighted by atomic mass is 10.0. The molecule has 0 aromatic heterocycles. The standard InChI is InChI=1S/C48H92N2/c1-3-5-7-9-11-13-15-17-19-21-23-25-27-29-31-33-35-40-44-50(47-49-46-48-42-38-37-39-43-48)45-41-36-34-32-30-28-26-24-22-20-18-16-14-12-10-8-6-4-2/h37-39,42-43,49H,3-36,40-41,44-47H2,1-2H3.